The second kappa shape index (κ2) is 4.02. The molecular weight excluding hydrogens is 232 g/mol. The van der Waals surface area contributed by atoms with Crippen LogP contribution in [-0.2, 0) is 4.79 Å². The summed E-state index contributed by atoms with van der Waals surface area (Å²) < 4.78 is 5.30. The van der Waals surface area contributed by atoms with Crippen molar-refractivity contribution in [2.75, 3.05) is 5.32 Å². The number of carbonyl (C=O) groups is 1. The minimum atomic E-state index is -0.972. The van der Waals surface area contributed by atoms with Crippen LogP contribution in [0.25, 0.3) is 11.1 Å². The van der Waals surface area contributed by atoms with Gasteiger partial charge < -0.3 is 14.8 Å². The van der Waals surface area contributed by atoms with Crippen LogP contribution in [0.5, 0.6) is 0 Å². The maximum absolute atomic E-state index is 10.6. The second-order valence-corrected chi connectivity index (χ2v) is 3.77. The van der Waals surface area contributed by atoms with Gasteiger partial charge in [-0.25, -0.2) is 0 Å². The number of carboxylic acids is 1. The fraction of sp³-hybridized carbons (Fsp3) is 0.200. The van der Waals surface area contributed by atoms with Gasteiger partial charge >= 0.3 is 5.97 Å². The van der Waals surface area contributed by atoms with Crippen molar-refractivity contribution in [1.29, 1.82) is 0 Å². The summed E-state index contributed by atoms with van der Waals surface area (Å²) in [5.74, 6) is -0.972. The number of hydrogen-bond acceptors (Lipinski definition) is 4. The Labute approximate surface area is 96.0 Å². The lowest BCUT2D eigenvalue weighted by Crippen LogP contribution is -2.25. The quantitative estimate of drug-likeness (QED) is 0.861. The Morgan fingerprint density at radius 1 is 1.62 bits per heavy atom. The molecule has 0 saturated carbocycles. The standard InChI is InChI=1S/C10H9ClN2O3/c1-5(9(14)15)12-10-13-7-3-2-6(11)4-8(7)16-10/h2-5H,1H3,(H,12,13)(H,14,15). The zero-order chi connectivity index (χ0) is 11.7. The summed E-state index contributed by atoms with van der Waals surface area (Å²) in [6.07, 6.45) is 0. The fourth-order valence-corrected chi connectivity index (χ4v) is 1.37. The molecule has 1 aromatic carbocycles. The van der Waals surface area contributed by atoms with E-state index in [1.807, 2.05) is 0 Å². The van der Waals surface area contributed by atoms with Crippen molar-refractivity contribution in [2.45, 2.75) is 13.0 Å². The third kappa shape index (κ3) is 2.09. The van der Waals surface area contributed by atoms with Gasteiger partial charge in [0.1, 0.15) is 11.6 Å². The molecule has 16 heavy (non-hydrogen) atoms. The van der Waals surface area contributed by atoms with Crippen LogP contribution in [0.2, 0.25) is 5.02 Å². The molecule has 84 valence electrons. The number of nitrogens with zero attached hydrogens (tertiary/aromatic N) is 1. The predicted molar refractivity (Wildman–Crippen MR) is 59.7 cm³/mol. The summed E-state index contributed by atoms with van der Waals surface area (Å²) in [7, 11) is 0. The van der Waals surface area contributed by atoms with Crippen LogP contribution in [-0.4, -0.2) is 22.1 Å². The number of halogens is 1. The zero-order valence-electron chi connectivity index (χ0n) is 8.40. The Bertz CT molecular complexity index is 538. The molecular formula is C10H9ClN2O3. The van der Waals surface area contributed by atoms with Crippen LogP contribution in [0.15, 0.2) is 22.6 Å². The molecule has 2 rings (SSSR count). The molecule has 2 aromatic rings. The normalized spacial score (nSPS) is 12.6. The van der Waals surface area contributed by atoms with E-state index in [4.69, 9.17) is 21.1 Å². The molecule has 1 heterocycles. The number of oxazole rings is 1. The Morgan fingerprint density at radius 2 is 2.38 bits per heavy atom. The lowest BCUT2D eigenvalue weighted by atomic mass is 10.3. The summed E-state index contributed by atoms with van der Waals surface area (Å²) in [5.41, 5.74) is 1.15. The number of fused-ring (bicyclic) bond motifs is 1. The van der Waals surface area contributed by atoms with E-state index in [2.05, 4.69) is 10.3 Å². The minimum absolute atomic E-state index is 0.173. The van der Waals surface area contributed by atoms with E-state index in [-0.39, 0.29) is 6.01 Å². The van der Waals surface area contributed by atoms with Crippen molar-refractivity contribution in [2.24, 2.45) is 0 Å². The van der Waals surface area contributed by atoms with Gasteiger partial charge in [0.15, 0.2) is 5.58 Å². The highest BCUT2D eigenvalue weighted by Gasteiger charge is 2.14. The van der Waals surface area contributed by atoms with Gasteiger partial charge in [-0.3, -0.25) is 4.79 Å². The van der Waals surface area contributed by atoms with Gasteiger partial charge in [-0.1, -0.05) is 11.6 Å². The molecule has 2 N–H and O–H groups in total. The van der Waals surface area contributed by atoms with Crippen LogP contribution in [0, 0.1) is 0 Å². The largest absolute Gasteiger partial charge is 0.480 e. The first-order valence-corrected chi connectivity index (χ1v) is 4.99. The molecule has 1 atom stereocenters. The van der Waals surface area contributed by atoms with Gasteiger partial charge in [0, 0.05) is 11.1 Å². The van der Waals surface area contributed by atoms with Crippen LogP contribution < -0.4 is 5.32 Å². The van der Waals surface area contributed by atoms with Gasteiger partial charge in [0.25, 0.3) is 6.01 Å². The lowest BCUT2D eigenvalue weighted by Gasteiger charge is -2.04. The van der Waals surface area contributed by atoms with Gasteiger partial charge in [-0.05, 0) is 19.1 Å². The van der Waals surface area contributed by atoms with Gasteiger partial charge in [-0.15, -0.1) is 0 Å². The molecule has 0 aliphatic carbocycles. The van der Waals surface area contributed by atoms with E-state index in [0.717, 1.165) is 0 Å². The Kier molecular flexibility index (Phi) is 2.70. The van der Waals surface area contributed by atoms with E-state index in [1.165, 1.54) is 6.92 Å². The maximum Gasteiger partial charge on any atom is 0.325 e. The van der Waals surface area contributed by atoms with Gasteiger partial charge in [-0.2, -0.15) is 4.98 Å². The van der Waals surface area contributed by atoms with Crippen molar-refractivity contribution >= 4 is 34.7 Å². The van der Waals surface area contributed by atoms with Crippen molar-refractivity contribution < 1.29 is 14.3 Å². The van der Waals surface area contributed by atoms with E-state index >= 15 is 0 Å². The first kappa shape index (κ1) is 10.8. The molecule has 1 aromatic heterocycles. The average molecular weight is 241 g/mol. The summed E-state index contributed by atoms with van der Waals surface area (Å²) in [5, 5.41) is 11.9. The highest BCUT2D eigenvalue weighted by molar-refractivity contribution is 6.31. The number of benzene rings is 1. The average Bonchev–Trinajstić information content (AvgIpc) is 2.58. The van der Waals surface area contributed by atoms with Gasteiger partial charge in [0.2, 0.25) is 0 Å². The number of aromatic nitrogens is 1. The Morgan fingerprint density at radius 3 is 3.06 bits per heavy atom. The molecule has 0 fully saturated rings. The summed E-state index contributed by atoms with van der Waals surface area (Å²) >= 11 is 5.78. The molecule has 0 saturated heterocycles. The third-order valence-corrected chi connectivity index (χ3v) is 2.30. The first-order valence-electron chi connectivity index (χ1n) is 4.61. The van der Waals surface area contributed by atoms with Gasteiger partial charge in [0.05, 0.1) is 0 Å². The van der Waals surface area contributed by atoms with Crippen LogP contribution >= 0.6 is 11.6 Å². The summed E-state index contributed by atoms with van der Waals surface area (Å²) in [6, 6.07) is 4.44. The molecule has 6 heteroatoms. The van der Waals surface area contributed by atoms with Crippen molar-refractivity contribution in [3.05, 3.63) is 23.2 Å². The van der Waals surface area contributed by atoms with Crippen molar-refractivity contribution in [3.63, 3.8) is 0 Å². The number of carboxylic acid groups (broad SMARTS) is 1. The minimum Gasteiger partial charge on any atom is -0.480 e. The Hall–Kier alpha value is -1.75. The molecule has 0 aliphatic heterocycles. The van der Waals surface area contributed by atoms with E-state index in [1.54, 1.807) is 18.2 Å². The number of anilines is 1. The number of aliphatic carboxylic acids is 1. The smallest absolute Gasteiger partial charge is 0.325 e. The monoisotopic (exact) mass is 240 g/mol. The van der Waals surface area contributed by atoms with Crippen LogP contribution in [0.3, 0.4) is 0 Å². The molecule has 0 amide bonds. The highest BCUT2D eigenvalue weighted by Crippen LogP contribution is 2.22. The number of hydrogen-bond donors (Lipinski definition) is 2. The van der Waals surface area contributed by atoms with E-state index in [9.17, 15) is 4.79 Å². The summed E-state index contributed by atoms with van der Waals surface area (Å²) in [6.45, 7) is 1.50. The maximum atomic E-state index is 10.6. The third-order valence-electron chi connectivity index (χ3n) is 2.06. The molecule has 5 nitrogen and oxygen atoms in total. The predicted octanol–water partition coefficient (Wildman–Crippen LogP) is 2.37. The van der Waals surface area contributed by atoms with E-state index in [0.29, 0.717) is 16.1 Å². The highest BCUT2D eigenvalue weighted by atomic mass is 35.5. The second-order valence-electron chi connectivity index (χ2n) is 3.34. The van der Waals surface area contributed by atoms with Crippen molar-refractivity contribution in [3.8, 4) is 0 Å². The fourth-order valence-electron chi connectivity index (χ4n) is 1.21. The molecule has 1 unspecified atom stereocenters. The molecule has 0 radical (unpaired) electrons. The van der Waals surface area contributed by atoms with Crippen molar-refractivity contribution in [1.82, 2.24) is 4.98 Å². The molecule has 0 bridgehead atoms. The van der Waals surface area contributed by atoms with E-state index < -0.39 is 12.0 Å². The van der Waals surface area contributed by atoms with Crippen LogP contribution in [0.1, 0.15) is 6.92 Å². The van der Waals surface area contributed by atoms with Crippen LogP contribution in [0.4, 0.5) is 6.01 Å². The topological polar surface area (TPSA) is 75.4 Å². The first-order chi connectivity index (χ1) is 7.56. The number of rotatable bonds is 3. The Balaban J connectivity index is 2.29. The molecule has 0 spiro atoms. The zero-order valence-corrected chi connectivity index (χ0v) is 9.15. The lowest BCUT2D eigenvalue weighted by molar-refractivity contribution is -0.137. The molecule has 0 aliphatic rings. The summed E-state index contributed by atoms with van der Waals surface area (Å²) in [4.78, 5) is 14.7. The number of nitrogens with one attached hydrogen (secondary N) is 1. The SMILES string of the molecule is CC(Nc1nc2ccc(Cl)cc2o1)C(=O)O.